The first-order valence-corrected chi connectivity index (χ1v) is 3.34. The van der Waals surface area contributed by atoms with Crippen LogP contribution in [0.4, 0.5) is 0 Å². The van der Waals surface area contributed by atoms with Gasteiger partial charge in [-0.05, 0) is 12.3 Å². The van der Waals surface area contributed by atoms with Crippen LogP contribution in [0.2, 0.25) is 0 Å². The van der Waals surface area contributed by atoms with Crippen molar-refractivity contribution in [3.63, 3.8) is 0 Å². The van der Waals surface area contributed by atoms with Crippen molar-refractivity contribution in [2.75, 3.05) is 6.61 Å². The van der Waals surface area contributed by atoms with E-state index >= 15 is 0 Å². The molecule has 0 aromatic heterocycles. The monoisotopic (exact) mass is 198 g/mol. The van der Waals surface area contributed by atoms with E-state index in [4.69, 9.17) is 5.11 Å². The second-order valence-corrected chi connectivity index (χ2v) is 3.29. The number of rotatable bonds is 1. The maximum absolute atomic E-state index is 8.37. The molecule has 1 nitrogen and oxygen atoms in total. The molecule has 1 rings (SSSR count). The van der Waals surface area contributed by atoms with Gasteiger partial charge in [-0.2, -0.15) is 0 Å². The molecule has 1 fully saturated rings. The highest BCUT2D eigenvalue weighted by Crippen LogP contribution is 2.37. The van der Waals surface area contributed by atoms with Gasteiger partial charge in [0, 0.05) is 10.5 Å². The molecule has 0 saturated heterocycles. The molecule has 1 aliphatic carbocycles. The molecular formula is C4H7IO. The van der Waals surface area contributed by atoms with Crippen LogP contribution in [0.5, 0.6) is 0 Å². The summed E-state index contributed by atoms with van der Waals surface area (Å²) in [5.74, 6) is 0.644. The molecule has 0 aromatic carbocycles. The van der Waals surface area contributed by atoms with E-state index in [-0.39, 0.29) is 0 Å². The van der Waals surface area contributed by atoms with Crippen molar-refractivity contribution < 1.29 is 5.11 Å². The van der Waals surface area contributed by atoms with E-state index in [1.165, 1.54) is 6.42 Å². The second kappa shape index (κ2) is 1.66. The van der Waals surface area contributed by atoms with E-state index in [0.29, 0.717) is 12.5 Å². The fourth-order valence-corrected chi connectivity index (χ4v) is 1.28. The molecule has 2 unspecified atom stereocenters. The molecule has 0 spiro atoms. The Bertz CT molecular complexity index is 53.5. The maximum atomic E-state index is 8.37. The van der Waals surface area contributed by atoms with Gasteiger partial charge in [0.15, 0.2) is 0 Å². The van der Waals surface area contributed by atoms with Crippen molar-refractivity contribution in [2.24, 2.45) is 5.92 Å². The first kappa shape index (κ1) is 4.84. The number of aliphatic hydroxyl groups excluding tert-OH is 1. The highest BCUT2D eigenvalue weighted by molar-refractivity contribution is 14.1. The lowest BCUT2D eigenvalue weighted by atomic mass is 10.5. The Morgan fingerprint density at radius 2 is 2.33 bits per heavy atom. The molecule has 0 amide bonds. The first-order valence-electron chi connectivity index (χ1n) is 2.09. The average Bonchev–Trinajstić information content (AvgIpc) is 2.19. The molecule has 1 N–H and O–H groups in total. The summed E-state index contributed by atoms with van der Waals surface area (Å²) in [6.45, 7) is 0.396. The second-order valence-electron chi connectivity index (χ2n) is 1.69. The van der Waals surface area contributed by atoms with Crippen molar-refractivity contribution in [3.05, 3.63) is 0 Å². The van der Waals surface area contributed by atoms with Crippen molar-refractivity contribution in [1.29, 1.82) is 0 Å². The Hall–Kier alpha value is 0.690. The van der Waals surface area contributed by atoms with E-state index < -0.39 is 0 Å². The minimum atomic E-state index is 0.396. The maximum Gasteiger partial charge on any atom is 0.0469 e. The van der Waals surface area contributed by atoms with E-state index in [1.807, 2.05) is 0 Å². The van der Waals surface area contributed by atoms with Crippen molar-refractivity contribution in [2.45, 2.75) is 10.3 Å². The standard InChI is InChI=1S/C4H7IO/c5-4-1-3(4)2-6/h3-4,6H,1-2H2. The normalized spacial score (nSPS) is 43.0. The molecule has 0 bridgehead atoms. The minimum Gasteiger partial charge on any atom is -0.396 e. The highest BCUT2D eigenvalue weighted by atomic mass is 127. The van der Waals surface area contributed by atoms with Gasteiger partial charge in [-0.1, -0.05) is 22.6 Å². The predicted molar refractivity (Wildman–Crippen MR) is 33.0 cm³/mol. The predicted octanol–water partition coefficient (Wildman–Crippen LogP) is 0.802. The van der Waals surface area contributed by atoms with Gasteiger partial charge in [-0.15, -0.1) is 0 Å². The lowest BCUT2D eigenvalue weighted by molar-refractivity contribution is 0.278. The van der Waals surface area contributed by atoms with Crippen LogP contribution in [0.1, 0.15) is 6.42 Å². The fourth-order valence-electron chi connectivity index (χ4n) is 0.400. The van der Waals surface area contributed by atoms with Crippen LogP contribution in [0, 0.1) is 5.92 Å². The van der Waals surface area contributed by atoms with Crippen LogP contribution >= 0.6 is 22.6 Å². The minimum absolute atomic E-state index is 0.396. The zero-order valence-corrected chi connectivity index (χ0v) is 5.55. The number of halogens is 1. The Morgan fingerprint density at radius 3 is 2.33 bits per heavy atom. The Kier molecular flexibility index (Phi) is 1.34. The lowest BCUT2D eigenvalue weighted by Gasteiger charge is -1.78. The van der Waals surface area contributed by atoms with Crippen molar-refractivity contribution in [3.8, 4) is 0 Å². The molecule has 36 valence electrons. The zero-order valence-electron chi connectivity index (χ0n) is 3.39. The third kappa shape index (κ3) is 0.846. The summed E-state index contributed by atoms with van der Waals surface area (Å²) < 4.78 is 0.785. The van der Waals surface area contributed by atoms with Gasteiger partial charge in [-0.3, -0.25) is 0 Å². The molecule has 0 aliphatic heterocycles. The Balaban J connectivity index is 2.09. The molecular weight excluding hydrogens is 191 g/mol. The van der Waals surface area contributed by atoms with E-state index in [1.54, 1.807) is 0 Å². The number of hydrogen-bond donors (Lipinski definition) is 1. The summed E-state index contributed by atoms with van der Waals surface area (Å²) in [6.07, 6.45) is 1.23. The summed E-state index contributed by atoms with van der Waals surface area (Å²) in [6, 6.07) is 0. The molecule has 0 heterocycles. The van der Waals surface area contributed by atoms with Crippen molar-refractivity contribution in [1.82, 2.24) is 0 Å². The summed E-state index contributed by atoms with van der Waals surface area (Å²) >= 11 is 2.36. The summed E-state index contributed by atoms with van der Waals surface area (Å²) in [5.41, 5.74) is 0. The Labute approximate surface area is 50.9 Å². The summed E-state index contributed by atoms with van der Waals surface area (Å²) in [5, 5.41) is 8.37. The molecule has 0 aromatic rings. The van der Waals surface area contributed by atoms with Crippen LogP contribution < -0.4 is 0 Å². The lowest BCUT2D eigenvalue weighted by Crippen LogP contribution is -1.84. The quantitative estimate of drug-likeness (QED) is 0.488. The number of alkyl halides is 1. The SMILES string of the molecule is OCC1CC1I. The van der Waals surface area contributed by atoms with Gasteiger partial charge in [-0.25, -0.2) is 0 Å². The largest absolute Gasteiger partial charge is 0.396 e. The van der Waals surface area contributed by atoms with E-state index in [0.717, 1.165) is 3.92 Å². The van der Waals surface area contributed by atoms with Crippen LogP contribution in [0.3, 0.4) is 0 Å². The van der Waals surface area contributed by atoms with Crippen LogP contribution in [-0.4, -0.2) is 15.6 Å². The van der Waals surface area contributed by atoms with Crippen molar-refractivity contribution >= 4 is 22.6 Å². The first-order chi connectivity index (χ1) is 2.84. The fraction of sp³-hybridized carbons (Fsp3) is 1.00. The van der Waals surface area contributed by atoms with E-state index in [2.05, 4.69) is 22.6 Å². The van der Waals surface area contributed by atoms with E-state index in [9.17, 15) is 0 Å². The van der Waals surface area contributed by atoms with Gasteiger partial charge in [0.25, 0.3) is 0 Å². The van der Waals surface area contributed by atoms with Crippen LogP contribution in [0.25, 0.3) is 0 Å². The topological polar surface area (TPSA) is 20.2 Å². The summed E-state index contributed by atoms with van der Waals surface area (Å²) in [4.78, 5) is 0. The third-order valence-corrected chi connectivity index (χ3v) is 2.60. The molecule has 6 heavy (non-hydrogen) atoms. The van der Waals surface area contributed by atoms with Crippen LogP contribution in [0.15, 0.2) is 0 Å². The van der Waals surface area contributed by atoms with Gasteiger partial charge >= 0.3 is 0 Å². The zero-order chi connectivity index (χ0) is 4.57. The molecule has 1 aliphatic rings. The summed E-state index contributed by atoms with van der Waals surface area (Å²) in [7, 11) is 0. The third-order valence-electron chi connectivity index (χ3n) is 1.07. The number of hydrogen-bond acceptors (Lipinski definition) is 1. The van der Waals surface area contributed by atoms with Gasteiger partial charge < -0.3 is 5.11 Å². The van der Waals surface area contributed by atoms with Gasteiger partial charge in [0.1, 0.15) is 0 Å². The van der Waals surface area contributed by atoms with Crippen LogP contribution in [-0.2, 0) is 0 Å². The Morgan fingerprint density at radius 1 is 1.83 bits per heavy atom. The molecule has 1 saturated carbocycles. The van der Waals surface area contributed by atoms with Gasteiger partial charge in [0.05, 0.1) is 0 Å². The van der Waals surface area contributed by atoms with Gasteiger partial charge in [0.2, 0.25) is 0 Å². The molecule has 2 atom stereocenters. The average molecular weight is 198 g/mol. The molecule has 2 heteroatoms. The highest BCUT2D eigenvalue weighted by Gasteiger charge is 2.33. The number of aliphatic hydroxyl groups is 1. The smallest absolute Gasteiger partial charge is 0.0469 e. The molecule has 0 radical (unpaired) electrons.